The third-order valence-corrected chi connectivity index (χ3v) is 10.3. The first-order chi connectivity index (χ1) is 21.8. The van der Waals surface area contributed by atoms with Crippen LogP contribution in [0.5, 0.6) is 0 Å². The van der Waals surface area contributed by atoms with Crippen LogP contribution in [0.2, 0.25) is 0 Å². The Morgan fingerprint density at radius 3 is 1.38 bits per heavy atom. The van der Waals surface area contributed by atoms with Crippen molar-refractivity contribution in [2.45, 2.75) is 148 Å². The lowest BCUT2D eigenvalue weighted by molar-refractivity contribution is 0.0107. The maximum absolute atomic E-state index is 12.7. The molecule has 45 heavy (non-hydrogen) atoms. The lowest BCUT2D eigenvalue weighted by Gasteiger charge is -2.34. The first-order valence-electron chi connectivity index (χ1n) is 18.4. The van der Waals surface area contributed by atoms with E-state index in [1.165, 1.54) is 6.42 Å². The van der Waals surface area contributed by atoms with Crippen molar-refractivity contribution in [3.8, 4) is 0 Å². The molecule has 2 amide bonds. The monoisotopic (exact) mass is 636 g/mol. The number of unbranched alkanes of at least 4 members (excludes halogenated alkanes) is 2. The highest BCUT2D eigenvalue weighted by atomic mass is 16.6. The lowest BCUT2D eigenvalue weighted by atomic mass is 9.76. The molecule has 0 spiro atoms. The maximum atomic E-state index is 12.7. The Labute approximate surface area is 273 Å². The molecule has 2 aliphatic heterocycles. The minimum atomic E-state index is -0.295. The molecule has 0 aromatic rings. The van der Waals surface area contributed by atoms with E-state index in [0.717, 1.165) is 128 Å². The number of rotatable bonds is 20. The molecule has 4 aliphatic rings. The van der Waals surface area contributed by atoms with E-state index in [-0.39, 0.29) is 36.5 Å². The summed E-state index contributed by atoms with van der Waals surface area (Å²) in [5.74, 6) is 1.44. The topological polar surface area (TPSA) is 101 Å². The van der Waals surface area contributed by atoms with Crippen LogP contribution in [0.4, 0.5) is 9.59 Å². The third-order valence-electron chi connectivity index (χ3n) is 10.3. The van der Waals surface area contributed by atoms with Gasteiger partial charge in [0.25, 0.3) is 0 Å². The van der Waals surface area contributed by atoms with Crippen LogP contribution >= 0.6 is 0 Å². The highest BCUT2D eigenvalue weighted by Crippen LogP contribution is 2.35. The summed E-state index contributed by atoms with van der Waals surface area (Å²) in [5.41, 5.74) is 0. The van der Waals surface area contributed by atoms with Gasteiger partial charge in [-0.15, -0.1) is 0 Å². The summed E-state index contributed by atoms with van der Waals surface area (Å²) in [4.78, 5) is 30.1. The molecule has 2 saturated carbocycles. The van der Waals surface area contributed by atoms with Gasteiger partial charge in [-0.05, 0) is 96.3 Å². The van der Waals surface area contributed by atoms with Gasteiger partial charge in [-0.1, -0.05) is 26.7 Å². The maximum Gasteiger partial charge on any atom is 0.407 e. The Hall–Kier alpha value is -1.62. The zero-order chi connectivity index (χ0) is 32.0. The fraction of sp³-hybridized carbons (Fsp3) is 0.943. The first kappa shape index (κ1) is 36.2. The second kappa shape index (κ2) is 19.3. The minimum Gasteiger partial charge on any atom is -0.442 e. The van der Waals surface area contributed by atoms with E-state index < -0.39 is 0 Å². The number of amides is 2. The van der Waals surface area contributed by atoms with Gasteiger partial charge in [-0.25, -0.2) is 9.59 Å². The zero-order valence-electron chi connectivity index (χ0n) is 28.8. The van der Waals surface area contributed by atoms with Gasteiger partial charge in [0.05, 0.1) is 13.2 Å². The molecule has 0 bridgehead atoms. The Morgan fingerprint density at radius 1 is 0.667 bits per heavy atom. The van der Waals surface area contributed by atoms with Gasteiger partial charge in [0.2, 0.25) is 0 Å². The highest BCUT2D eigenvalue weighted by Gasteiger charge is 2.35. The van der Waals surface area contributed by atoms with E-state index >= 15 is 0 Å². The van der Waals surface area contributed by atoms with Crippen molar-refractivity contribution < 1.29 is 28.5 Å². The summed E-state index contributed by atoms with van der Waals surface area (Å²) < 4.78 is 23.2. The van der Waals surface area contributed by atoms with Crippen LogP contribution in [0.3, 0.4) is 0 Å². The van der Waals surface area contributed by atoms with E-state index in [0.29, 0.717) is 25.3 Å². The van der Waals surface area contributed by atoms with Crippen LogP contribution < -0.4 is 10.6 Å². The van der Waals surface area contributed by atoms with Crippen molar-refractivity contribution in [3.05, 3.63) is 0 Å². The summed E-state index contributed by atoms with van der Waals surface area (Å²) in [6.07, 6.45) is 13.2. The molecule has 10 nitrogen and oxygen atoms in total. The fourth-order valence-corrected chi connectivity index (χ4v) is 7.05. The number of nitrogens with one attached hydrogen (secondary N) is 2. The van der Waals surface area contributed by atoms with Crippen molar-refractivity contribution in [3.63, 3.8) is 0 Å². The van der Waals surface area contributed by atoms with Gasteiger partial charge in [-0.3, -0.25) is 9.80 Å². The SMILES string of the molecule is CCCCOCC(CN1CC1C)OC(=O)NC1CCC(CC2CCC(NC(=O)OC(COCCCC)CN3CC3C)CC2)CC1. The number of nitrogens with zero attached hydrogens (tertiary/aromatic N) is 2. The molecule has 2 heterocycles. The lowest BCUT2D eigenvalue weighted by Crippen LogP contribution is -2.42. The molecule has 0 radical (unpaired) electrons. The van der Waals surface area contributed by atoms with Gasteiger partial charge in [0, 0.05) is 63.6 Å². The average Bonchev–Trinajstić information content (AvgIpc) is 3.92. The minimum absolute atomic E-state index is 0.197. The molecule has 6 unspecified atom stereocenters. The molecule has 0 aromatic carbocycles. The molecule has 4 rings (SSSR count). The van der Waals surface area contributed by atoms with E-state index in [9.17, 15) is 9.59 Å². The summed E-state index contributed by atoms with van der Waals surface area (Å²) in [5, 5.41) is 6.30. The predicted octanol–water partition coefficient (Wildman–Crippen LogP) is 5.73. The van der Waals surface area contributed by atoms with Crippen LogP contribution in [0.25, 0.3) is 0 Å². The molecular weight excluding hydrogens is 572 g/mol. The van der Waals surface area contributed by atoms with Crippen LogP contribution in [0.15, 0.2) is 0 Å². The number of hydrogen-bond donors (Lipinski definition) is 2. The standard InChI is InChI=1S/C35H64N4O6/c1-5-7-17-42-24-32(22-38-20-26(38)3)44-34(40)36-30-13-9-28(10-14-30)19-29-11-15-31(16-12-29)37-35(41)45-33(23-39-21-27(39)4)25-43-18-8-6-2/h26-33H,5-25H2,1-4H3,(H,36,40)(H,37,41). The molecule has 0 aromatic heterocycles. The number of hydrogen-bond acceptors (Lipinski definition) is 8. The van der Waals surface area contributed by atoms with Crippen molar-refractivity contribution in [1.82, 2.24) is 20.4 Å². The highest BCUT2D eigenvalue weighted by molar-refractivity contribution is 5.68. The molecule has 260 valence electrons. The van der Waals surface area contributed by atoms with Crippen molar-refractivity contribution in [1.29, 1.82) is 0 Å². The zero-order valence-corrected chi connectivity index (χ0v) is 28.8. The van der Waals surface area contributed by atoms with Crippen LogP contribution in [-0.4, -0.2) is 111 Å². The second-order valence-electron chi connectivity index (χ2n) is 14.5. The van der Waals surface area contributed by atoms with Gasteiger partial charge >= 0.3 is 12.2 Å². The summed E-state index contributed by atoms with van der Waals surface area (Å²) in [7, 11) is 0. The van der Waals surface area contributed by atoms with E-state index in [2.05, 4.69) is 48.1 Å². The molecule has 10 heteroatoms. The molecule has 6 atom stereocenters. The average molecular weight is 637 g/mol. The van der Waals surface area contributed by atoms with Gasteiger partial charge in [-0.2, -0.15) is 0 Å². The van der Waals surface area contributed by atoms with Crippen molar-refractivity contribution >= 4 is 12.2 Å². The van der Waals surface area contributed by atoms with Gasteiger partial charge < -0.3 is 29.6 Å². The molecule has 4 fully saturated rings. The largest absolute Gasteiger partial charge is 0.442 e. The van der Waals surface area contributed by atoms with Crippen molar-refractivity contribution in [2.75, 3.05) is 52.6 Å². The quantitative estimate of drug-likeness (QED) is 0.129. The smallest absolute Gasteiger partial charge is 0.407 e. The molecule has 2 saturated heterocycles. The predicted molar refractivity (Wildman–Crippen MR) is 176 cm³/mol. The molecule has 2 N–H and O–H groups in total. The van der Waals surface area contributed by atoms with Crippen LogP contribution in [0.1, 0.15) is 111 Å². The number of alkyl carbamates (subject to hydrolysis) is 2. The third kappa shape index (κ3) is 14.0. The Balaban J connectivity index is 1.07. The Morgan fingerprint density at radius 2 is 1.04 bits per heavy atom. The number of carbonyl (C=O) groups is 2. The van der Waals surface area contributed by atoms with E-state index in [4.69, 9.17) is 18.9 Å². The Kier molecular flexibility index (Phi) is 15.5. The Bertz CT molecular complexity index is 795. The van der Waals surface area contributed by atoms with Crippen LogP contribution in [-0.2, 0) is 18.9 Å². The van der Waals surface area contributed by atoms with E-state index in [1.807, 2.05) is 0 Å². The summed E-state index contributed by atoms with van der Waals surface area (Å²) in [6, 6.07) is 1.54. The van der Waals surface area contributed by atoms with Gasteiger partial charge in [0.15, 0.2) is 0 Å². The molecular formula is C35H64N4O6. The first-order valence-corrected chi connectivity index (χ1v) is 18.4. The number of ether oxygens (including phenoxy) is 4. The number of carbonyl (C=O) groups excluding carboxylic acids is 2. The normalized spacial score (nSPS) is 32.3. The van der Waals surface area contributed by atoms with Crippen molar-refractivity contribution in [2.24, 2.45) is 11.8 Å². The van der Waals surface area contributed by atoms with Crippen LogP contribution in [0, 0.1) is 11.8 Å². The summed E-state index contributed by atoms with van der Waals surface area (Å²) in [6.45, 7) is 14.7. The van der Waals surface area contributed by atoms with E-state index in [1.54, 1.807) is 0 Å². The summed E-state index contributed by atoms with van der Waals surface area (Å²) >= 11 is 0. The molecule has 2 aliphatic carbocycles. The fourth-order valence-electron chi connectivity index (χ4n) is 7.05. The second-order valence-corrected chi connectivity index (χ2v) is 14.5. The van der Waals surface area contributed by atoms with Gasteiger partial charge in [0.1, 0.15) is 12.2 Å².